The molecule has 0 aliphatic carbocycles. The van der Waals surface area contributed by atoms with Gasteiger partial charge in [-0.25, -0.2) is 0 Å². The van der Waals surface area contributed by atoms with Crippen molar-refractivity contribution in [3.63, 3.8) is 0 Å². The number of hydrogen-bond donors (Lipinski definition) is 1. The fourth-order valence-electron chi connectivity index (χ4n) is 2.00. The minimum absolute atomic E-state index is 0.239. The van der Waals surface area contributed by atoms with Gasteiger partial charge < -0.3 is 14.8 Å². The Kier molecular flexibility index (Phi) is 4.94. The summed E-state index contributed by atoms with van der Waals surface area (Å²) in [6.45, 7) is 4.20. The maximum atomic E-state index is 5.35. The van der Waals surface area contributed by atoms with E-state index in [4.69, 9.17) is 9.47 Å². The first kappa shape index (κ1) is 15.2. The quantitative estimate of drug-likeness (QED) is 0.817. The predicted molar refractivity (Wildman–Crippen MR) is 88.3 cm³/mol. The standard InChI is InChI=1S/C15H18BrNO2S/c1-9-7-12(18-3)13(19-4)8-11(9)17-10(2)14-5-6-15(16)20-14/h5-8,10,17H,1-4H3. The molecule has 108 valence electrons. The normalized spacial score (nSPS) is 12.1. The summed E-state index contributed by atoms with van der Waals surface area (Å²) in [5, 5.41) is 3.52. The van der Waals surface area contributed by atoms with Gasteiger partial charge in [-0.05, 0) is 53.5 Å². The molecule has 20 heavy (non-hydrogen) atoms. The lowest BCUT2D eigenvalue weighted by molar-refractivity contribution is 0.355. The van der Waals surface area contributed by atoms with Crippen LogP contribution in [0.15, 0.2) is 28.1 Å². The molecule has 1 atom stereocenters. The Morgan fingerprint density at radius 2 is 1.80 bits per heavy atom. The van der Waals surface area contributed by atoms with Crippen molar-refractivity contribution in [2.45, 2.75) is 19.9 Å². The lowest BCUT2D eigenvalue weighted by Gasteiger charge is -2.18. The summed E-state index contributed by atoms with van der Waals surface area (Å²) >= 11 is 5.23. The number of nitrogens with one attached hydrogen (secondary N) is 1. The van der Waals surface area contributed by atoms with Gasteiger partial charge in [0.15, 0.2) is 11.5 Å². The highest BCUT2D eigenvalue weighted by molar-refractivity contribution is 9.11. The second-order valence-corrected chi connectivity index (χ2v) is 7.02. The molecule has 0 saturated carbocycles. The molecular weight excluding hydrogens is 338 g/mol. The van der Waals surface area contributed by atoms with Gasteiger partial charge in [-0.2, -0.15) is 0 Å². The second-order valence-electron chi connectivity index (χ2n) is 4.53. The van der Waals surface area contributed by atoms with Crippen LogP contribution in [0.25, 0.3) is 0 Å². The van der Waals surface area contributed by atoms with Gasteiger partial charge in [-0.3, -0.25) is 0 Å². The van der Waals surface area contributed by atoms with Crippen LogP contribution in [0.3, 0.4) is 0 Å². The molecule has 1 aromatic heterocycles. The average molecular weight is 356 g/mol. The number of methoxy groups -OCH3 is 2. The summed E-state index contributed by atoms with van der Waals surface area (Å²) in [6.07, 6.45) is 0. The fraction of sp³-hybridized carbons (Fsp3) is 0.333. The van der Waals surface area contributed by atoms with Crippen LogP contribution in [0, 0.1) is 6.92 Å². The van der Waals surface area contributed by atoms with Crippen LogP contribution >= 0.6 is 27.3 Å². The summed E-state index contributed by atoms with van der Waals surface area (Å²) in [6, 6.07) is 8.40. The van der Waals surface area contributed by atoms with Crippen molar-refractivity contribution in [1.82, 2.24) is 0 Å². The number of benzene rings is 1. The molecule has 0 spiro atoms. The Labute approximate surface area is 132 Å². The Balaban J connectivity index is 2.24. The summed E-state index contributed by atoms with van der Waals surface area (Å²) in [5.41, 5.74) is 2.18. The number of aryl methyl sites for hydroxylation is 1. The van der Waals surface area contributed by atoms with Crippen molar-refractivity contribution in [1.29, 1.82) is 0 Å². The molecule has 0 fully saturated rings. The van der Waals surface area contributed by atoms with Crippen molar-refractivity contribution in [3.05, 3.63) is 38.5 Å². The SMILES string of the molecule is COc1cc(C)c(NC(C)c2ccc(Br)s2)cc1OC. The number of thiophene rings is 1. The third kappa shape index (κ3) is 3.27. The molecule has 1 N–H and O–H groups in total. The molecule has 3 nitrogen and oxygen atoms in total. The average Bonchev–Trinajstić information content (AvgIpc) is 2.87. The summed E-state index contributed by atoms with van der Waals surface area (Å²) < 4.78 is 11.8. The van der Waals surface area contributed by atoms with E-state index in [-0.39, 0.29) is 6.04 Å². The van der Waals surface area contributed by atoms with E-state index in [1.165, 1.54) is 4.88 Å². The monoisotopic (exact) mass is 355 g/mol. The minimum atomic E-state index is 0.239. The van der Waals surface area contributed by atoms with Gasteiger partial charge in [-0.1, -0.05) is 0 Å². The number of anilines is 1. The molecule has 2 rings (SSSR count). The number of halogens is 1. The van der Waals surface area contributed by atoms with Gasteiger partial charge in [0.25, 0.3) is 0 Å². The Hall–Kier alpha value is -1.20. The van der Waals surface area contributed by atoms with E-state index < -0.39 is 0 Å². The molecular formula is C15H18BrNO2S. The van der Waals surface area contributed by atoms with E-state index in [1.54, 1.807) is 25.6 Å². The predicted octanol–water partition coefficient (Wildman–Crippen LogP) is 5.01. The van der Waals surface area contributed by atoms with E-state index in [2.05, 4.69) is 47.2 Å². The van der Waals surface area contributed by atoms with E-state index in [0.29, 0.717) is 0 Å². The molecule has 0 bridgehead atoms. The van der Waals surface area contributed by atoms with Crippen LogP contribution in [0.1, 0.15) is 23.4 Å². The second kappa shape index (κ2) is 6.50. The van der Waals surface area contributed by atoms with Crippen LogP contribution < -0.4 is 14.8 Å². The fourth-order valence-corrected chi connectivity index (χ4v) is 3.43. The van der Waals surface area contributed by atoms with Crippen LogP contribution in [0.2, 0.25) is 0 Å². The minimum Gasteiger partial charge on any atom is -0.493 e. The number of ether oxygens (including phenoxy) is 2. The van der Waals surface area contributed by atoms with Crippen molar-refractivity contribution in [2.24, 2.45) is 0 Å². The molecule has 0 radical (unpaired) electrons. The highest BCUT2D eigenvalue weighted by Gasteiger charge is 2.12. The Morgan fingerprint density at radius 3 is 2.35 bits per heavy atom. The zero-order valence-electron chi connectivity index (χ0n) is 12.0. The van der Waals surface area contributed by atoms with Crippen LogP contribution in [0.4, 0.5) is 5.69 Å². The molecule has 0 aliphatic heterocycles. The van der Waals surface area contributed by atoms with Gasteiger partial charge >= 0.3 is 0 Å². The maximum absolute atomic E-state index is 5.35. The van der Waals surface area contributed by atoms with Crippen molar-refractivity contribution in [2.75, 3.05) is 19.5 Å². The topological polar surface area (TPSA) is 30.5 Å². The Morgan fingerprint density at radius 1 is 1.15 bits per heavy atom. The molecule has 0 aliphatic rings. The largest absolute Gasteiger partial charge is 0.493 e. The first-order valence-corrected chi connectivity index (χ1v) is 7.90. The summed E-state index contributed by atoms with van der Waals surface area (Å²) in [7, 11) is 3.30. The highest BCUT2D eigenvalue weighted by atomic mass is 79.9. The molecule has 2 aromatic rings. The van der Waals surface area contributed by atoms with Gasteiger partial charge in [0.1, 0.15) is 0 Å². The first-order valence-electron chi connectivity index (χ1n) is 6.29. The zero-order valence-corrected chi connectivity index (χ0v) is 14.4. The van der Waals surface area contributed by atoms with Gasteiger partial charge in [-0.15, -0.1) is 11.3 Å². The third-order valence-electron chi connectivity index (χ3n) is 3.12. The lowest BCUT2D eigenvalue weighted by atomic mass is 10.1. The highest BCUT2D eigenvalue weighted by Crippen LogP contribution is 2.35. The lowest BCUT2D eigenvalue weighted by Crippen LogP contribution is -2.06. The van der Waals surface area contributed by atoms with E-state index in [9.17, 15) is 0 Å². The molecule has 0 amide bonds. The molecule has 5 heteroatoms. The third-order valence-corrected chi connectivity index (χ3v) is 4.93. The zero-order chi connectivity index (χ0) is 14.7. The molecule has 1 aromatic carbocycles. The summed E-state index contributed by atoms with van der Waals surface area (Å²) in [4.78, 5) is 1.28. The first-order chi connectivity index (χ1) is 9.55. The number of rotatable bonds is 5. The van der Waals surface area contributed by atoms with Crippen molar-refractivity contribution in [3.8, 4) is 11.5 Å². The van der Waals surface area contributed by atoms with Gasteiger partial charge in [0, 0.05) is 16.6 Å². The maximum Gasteiger partial charge on any atom is 0.162 e. The van der Waals surface area contributed by atoms with Crippen LogP contribution in [0.5, 0.6) is 11.5 Å². The van der Waals surface area contributed by atoms with Gasteiger partial charge in [0.2, 0.25) is 0 Å². The molecule has 0 saturated heterocycles. The summed E-state index contributed by atoms with van der Waals surface area (Å²) in [5.74, 6) is 1.49. The Bertz CT molecular complexity index is 598. The van der Waals surface area contributed by atoms with Crippen LogP contribution in [-0.2, 0) is 0 Å². The van der Waals surface area contributed by atoms with Crippen molar-refractivity contribution >= 4 is 33.0 Å². The smallest absolute Gasteiger partial charge is 0.162 e. The molecule has 1 unspecified atom stereocenters. The number of hydrogen-bond acceptors (Lipinski definition) is 4. The van der Waals surface area contributed by atoms with Crippen molar-refractivity contribution < 1.29 is 9.47 Å². The van der Waals surface area contributed by atoms with Crippen LogP contribution in [-0.4, -0.2) is 14.2 Å². The van der Waals surface area contributed by atoms with E-state index in [0.717, 1.165) is 26.5 Å². The molecule has 1 heterocycles. The van der Waals surface area contributed by atoms with E-state index in [1.807, 2.05) is 12.1 Å². The van der Waals surface area contributed by atoms with Gasteiger partial charge in [0.05, 0.1) is 24.0 Å². The van der Waals surface area contributed by atoms with E-state index >= 15 is 0 Å².